The molecule has 6 heteroatoms. The molecule has 1 rings (SSSR count). The van der Waals surface area contributed by atoms with Crippen LogP contribution >= 0.6 is 0 Å². The Morgan fingerprint density at radius 2 is 2.00 bits per heavy atom. The van der Waals surface area contributed by atoms with E-state index >= 15 is 0 Å². The molecule has 106 valence electrons. The van der Waals surface area contributed by atoms with Crippen molar-refractivity contribution in [3.05, 3.63) is 12.7 Å². The number of carboxylic acid groups (broad SMARTS) is 2. The quantitative estimate of drug-likeness (QED) is 0.559. The topological polar surface area (TPSA) is 101 Å². The minimum absolute atomic E-state index is 0.0128. The highest BCUT2D eigenvalue weighted by molar-refractivity contribution is 5.84. The van der Waals surface area contributed by atoms with Gasteiger partial charge in [-0.15, -0.1) is 0 Å². The lowest BCUT2D eigenvalue weighted by Gasteiger charge is -2.38. The molecule has 1 aliphatic carbocycles. The molecule has 0 amide bonds. The predicted octanol–water partition coefficient (Wildman–Crippen LogP) is 1.45. The maximum atomic E-state index is 11.5. The first-order valence-electron chi connectivity index (χ1n) is 6.19. The summed E-state index contributed by atoms with van der Waals surface area (Å²) in [6.45, 7) is 3.13. The summed E-state index contributed by atoms with van der Waals surface area (Å²) in [5.41, 5.74) is -1.34. The van der Waals surface area contributed by atoms with Crippen LogP contribution in [0.15, 0.2) is 12.7 Å². The van der Waals surface area contributed by atoms with Gasteiger partial charge in [-0.3, -0.25) is 9.59 Å². The number of rotatable bonds is 6. The van der Waals surface area contributed by atoms with Gasteiger partial charge < -0.3 is 14.9 Å². The van der Waals surface area contributed by atoms with E-state index in [1.54, 1.807) is 0 Å². The molecule has 2 atom stereocenters. The molecule has 0 saturated heterocycles. The van der Waals surface area contributed by atoms with Crippen LogP contribution in [-0.4, -0.2) is 34.7 Å². The van der Waals surface area contributed by atoms with Crippen LogP contribution in [-0.2, 0) is 19.1 Å². The van der Waals surface area contributed by atoms with Gasteiger partial charge in [0.2, 0.25) is 0 Å². The van der Waals surface area contributed by atoms with Crippen molar-refractivity contribution in [1.29, 1.82) is 0 Å². The van der Waals surface area contributed by atoms with Crippen molar-refractivity contribution < 1.29 is 29.3 Å². The molecule has 2 unspecified atom stereocenters. The largest absolute Gasteiger partial charge is 0.481 e. The van der Waals surface area contributed by atoms with E-state index in [-0.39, 0.29) is 13.0 Å². The van der Waals surface area contributed by atoms with Crippen LogP contribution in [0, 0.1) is 11.3 Å². The van der Waals surface area contributed by atoms with Crippen molar-refractivity contribution in [1.82, 2.24) is 0 Å². The molecule has 0 aromatic rings. The van der Waals surface area contributed by atoms with Crippen molar-refractivity contribution in [2.75, 3.05) is 6.61 Å². The van der Waals surface area contributed by atoms with Crippen LogP contribution in [0.5, 0.6) is 0 Å². The van der Waals surface area contributed by atoms with E-state index in [0.29, 0.717) is 25.7 Å². The number of aliphatic carboxylic acids is 2. The molecule has 1 fully saturated rings. The van der Waals surface area contributed by atoms with Crippen LogP contribution in [0.25, 0.3) is 0 Å². The van der Waals surface area contributed by atoms with Gasteiger partial charge in [-0.05, 0) is 19.3 Å². The number of esters is 1. The first-order chi connectivity index (χ1) is 8.94. The van der Waals surface area contributed by atoms with E-state index in [4.69, 9.17) is 4.74 Å². The maximum Gasteiger partial charge on any atom is 0.330 e. The maximum absolute atomic E-state index is 11.5. The van der Waals surface area contributed by atoms with Gasteiger partial charge in [0, 0.05) is 6.08 Å². The minimum atomic E-state index is -1.34. The zero-order valence-corrected chi connectivity index (χ0v) is 10.6. The molecule has 1 saturated carbocycles. The third-order valence-electron chi connectivity index (χ3n) is 3.72. The number of hydrogen-bond acceptors (Lipinski definition) is 4. The molecule has 0 aromatic heterocycles. The van der Waals surface area contributed by atoms with Gasteiger partial charge in [0.1, 0.15) is 0 Å². The highest BCUT2D eigenvalue weighted by Crippen LogP contribution is 2.44. The second-order valence-corrected chi connectivity index (χ2v) is 4.72. The van der Waals surface area contributed by atoms with Crippen LogP contribution in [0.1, 0.15) is 32.1 Å². The van der Waals surface area contributed by atoms with E-state index in [1.807, 2.05) is 0 Å². The van der Waals surface area contributed by atoms with Crippen molar-refractivity contribution in [3.63, 3.8) is 0 Å². The number of hydrogen-bond donors (Lipinski definition) is 2. The van der Waals surface area contributed by atoms with Gasteiger partial charge in [0.25, 0.3) is 0 Å². The van der Waals surface area contributed by atoms with E-state index in [9.17, 15) is 24.6 Å². The van der Waals surface area contributed by atoms with Crippen molar-refractivity contribution in [2.45, 2.75) is 32.1 Å². The SMILES string of the molecule is C=CC(=O)OCCC1(C(=O)O)CCCCC1C(=O)O. The molecule has 0 heterocycles. The number of ether oxygens (including phenoxy) is 1. The van der Waals surface area contributed by atoms with Gasteiger partial charge in [0.05, 0.1) is 17.9 Å². The standard InChI is InChI=1S/C13H18O6/c1-2-10(14)19-8-7-13(12(17)18)6-4-3-5-9(13)11(15)16/h2,9H,1,3-8H2,(H,15,16)(H,17,18). The summed E-state index contributed by atoms with van der Waals surface area (Å²) in [5.74, 6) is -3.80. The van der Waals surface area contributed by atoms with Gasteiger partial charge >= 0.3 is 17.9 Å². The highest BCUT2D eigenvalue weighted by atomic mass is 16.5. The molecule has 0 aliphatic heterocycles. The third-order valence-corrected chi connectivity index (χ3v) is 3.72. The average molecular weight is 270 g/mol. The van der Waals surface area contributed by atoms with Crippen LogP contribution in [0.4, 0.5) is 0 Å². The summed E-state index contributed by atoms with van der Waals surface area (Å²) >= 11 is 0. The molecule has 19 heavy (non-hydrogen) atoms. The second kappa shape index (κ2) is 6.36. The monoisotopic (exact) mass is 270 g/mol. The van der Waals surface area contributed by atoms with E-state index < -0.39 is 29.2 Å². The first kappa shape index (κ1) is 15.2. The summed E-state index contributed by atoms with van der Waals surface area (Å²) in [6.07, 6.45) is 3.02. The second-order valence-electron chi connectivity index (χ2n) is 4.72. The summed E-state index contributed by atoms with van der Waals surface area (Å²) in [7, 11) is 0. The lowest BCUT2D eigenvalue weighted by Crippen LogP contribution is -2.45. The lowest BCUT2D eigenvalue weighted by atomic mass is 9.64. The Balaban J connectivity index is 2.82. The number of carboxylic acids is 2. The normalized spacial score (nSPS) is 26.4. The number of carbonyl (C=O) groups is 3. The van der Waals surface area contributed by atoms with Crippen molar-refractivity contribution >= 4 is 17.9 Å². The molecule has 0 radical (unpaired) electrons. The molecule has 1 aliphatic rings. The predicted molar refractivity (Wildman–Crippen MR) is 65.4 cm³/mol. The Kier molecular flexibility index (Phi) is 5.09. The Morgan fingerprint density at radius 3 is 2.53 bits per heavy atom. The summed E-state index contributed by atoms with van der Waals surface area (Å²) in [4.78, 5) is 33.7. The van der Waals surface area contributed by atoms with Gasteiger partial charge in [0.15, 0.2) is 0 Å². The fraction of sp³-hybridized carbons (Fsp3) is 0.615. The molecule has 0 bridgehead atoms. The van der Waals surface area contributed by atoms with E-state index in [1.165, 1.54) is 0 Å². The molecule has 0 aromatic carbocycles. The van der Waals surface area contributed by atoms with Crippen LogP contribution in [0.3, 0.4) is 0 Å². The van der Waals surface area contributed by atoms with E-state index in [0.717, 1.165) is 6.08 Å². The zero-order chi connectivity index (χ0) is 14.5. The van der Waals surface area contributed by atoms with Gasteiger partial charge in [-0.25, -0.2) is 4.79 Å². The van der Waals surface area contributed by atoms with Gasteiger partial charge in [-0.2, -0.15) is 0 Å². The molecule has 6 nitrogen and oxygen atoms in total. The molecular formula is C13H18O6. The Morgan fingerprint density at radius 1 is 1.32 bits per heavy atom. The lowest BCUT2D eigenvalue weighted by molar-refractivity contribution is -0.168. The Bertz CT molecular complexity index is 389. The molecule has 0 spiro atoms. The van der Waals surface area contributed by atoms with Crippen molar-refractivity contribution in [3.8, 4) is 0 Å². The third kappa shape index (κ3) is 3.33. The fourth-order valence-electron chi connectivity index (χ4n) is 2.65. The van der Waals surface area contributed by atoms with E-state index in [2.05, 4.69) is 6.58 Å². The molecular weight excluding hydrogens is 252 g/mol. The summed E-state index contributed by atoms with van der Waals surface area (Å²) in [6, 6.07) is 0. The summed E-state index contributed by atoms with van der Waals surface area (Å²) < 4.78 is 4.78. The smallest absolute Gasteiger partial charge is 0.330 e. The van der Waals surface area contributed by atoms with Crippen LogP contribution < -0.4 is 0 Å². The Labute approximate surface area is 111 Å². The summed E-state index contributed by atoms with van der Waals surface area (Å²) in [5, 5.41) is 18.6. The molecule has 2 N–H and O–H groups in total. The fourth-order valence-corrected chi connectivity index (χ4v) is 2.65. The zero-order valence-electron chi connectivity index (χ0n) is 10.6. The number of carbonyl (C=O) groups excluding carboxylic acids is 1. The minimum Gasteiger partial charge on any atom is -0.481 e. The van der Waals surface area contributed by atoms with Crippen molar-refractivity contribution in [2.24, 2.45) is 11.3 Å². The first-order valence-corrected chi connectivity index (χ1v) is 6.19. The highest BCUT2D eigenvalue weighted by Gasteiger charge is 2.50. The Hall–Kier alpha value is -1.85. The van der Waals surface area contributed by atoms with Crippen LogP contribution in [0.2, 0.25) is 0 Å². The van der Waals surface area contributed by atoms with Gasteiger partial charge in [-0.1, -0.05) is 19.4 Å². The average Bonchev–Trinajstić information content (AvgIpc) is 2.38.